The van der Waals surface area contributed by atoms with Crippen molar-refractivity contribution in [1.29, 1.82) is 0 Å². The molecule has 0 unspecified atom stereocenters. The monoisotopic (exact) mass is 188 g/mol. The molecule has 0 aromatic rings. The summed E-state index contributed by atoms with van der Waals surface area (Å²) in [6.45, 7) is 9.49. The van der Waals surface area contributed by atoms with Gasteiger partial charge in [0.1, 0.15) is 6.61 Å². The van der Waals surface area contributed by atoms with Crippen LogP contribution in [0.5, 0.6) is 0 Å². The fraction of sp³-hybridized carbons (Fsp3) is 0.900. The fourth-order valence-corrected chi connectivity index (χ4v) is 0.725. The van der Waals surface area contributed by atoms with Crippen molar-refractivity contribution in [3.63, 3.8) is 0 Å². The van der Waals surface area contributed by atoms with Crippen molar-refractivity contribution < 1.29 is 14.3 Å². The SMILES string of the molecule is CC(=O)OCCOCCC(C)(C)C. The molecule has 0 atom stereocenters. The van der Waals surface area contributed by atoms with Crippen LogP contribution in [0.2, 0.25) is 0 Å². The molecular weight excluding hydrogens is 168 g/mol. The maximum atomic E-state index is 10.4. The topological polar surface area (TPSA) is 35.5 Å². The molecule has 0 aliphatic heterocycles. The van der Waals surface area contributed by atoms with E-state index in [-0.39, 0.29) is 5.97 Å². The van der Waals surface area contributed by atoms with E-state index in [0.29, 0.717) is 18.6 Å². The highest BCUT2D eigenvalue weighted by Crippen LogP contribution is 2.17. The van der Waals surface area contributed by atoms with Crippen LogP contribution in [-0.4, -0.2) is 25.8 Å². The van der Waals surface area contributed by atoms with Gasteiger partial charge >= 0.3 is 5.97 Å². The van der Waals surface area contributed by atoms with Gasteiger partial charge in [0.05, 0.1) is 6.61 Å². The standard InChI is InChI=1S/C10H20O3/c1-9(11)13-8-7-12-6-5-10(2,3)4/h5-8H2,1-4H3. The second kappa shape index (κ2) is 5.97. The predicted octanol–water partition coefficient (Wildman–Crippen LogP) is 2.00. The summed E-state index contributed by atoms with van der Waals surface area (Å²) in [5.74, 6) is -0.251. The maximum Gasteiger partial charge on any atom is 0.302 e. The van der Waals surface area contributed by atoms with E-state index in [1.54, 1.807) is 0 Å². The molecule has 0 aromatic heterocycles. The van der Waals surface area contributed by atoms with Crippen LogP contribution in [0.25, 0.3) is 0 Å². The van der Waals surface area contributed by atoms with Crippen LogP contribution in [0.3, 0.4) is 0 Å². The smallest absolute Gasteiger partial charge is 0.302 e. The third-order valence-electron chi connectivity index (χ3n) is 1.53. The lowest BCUT2D eigenvalue weighted by Crippen LogP contribution is -2.12. The maximum absolute atomic E-state index is 10.4. The largest absolute Gasteiger partial charge is 0.463 e. The van der Waals surface area contributed by atoms with Gasteiger partial charge in [-0.05, 0) is 11.8 Å². The Morgan fingerprint density at radius 2 is 1.77 bits per heavy atom. The number of hydrogen-bond donors (Lipinski definition) is 0. The lowest BCUT2D eigenvalue weighted by atomic mass is 9.93. The van der Waals surface area contributed by atoms with E-state index < -0.39 is 0 Å². The molecular formula is C10H20O3. The number of carbonyl (C=O) groups excluding carboxylic acids is 1. The molecule has 0 aromatic carbocycles. The van der Waals surface area contributed by atoms with Gasteiger partial charge in [0.2, 0.25) is 0 Å². The van der Waals surface area contributed by atoms with E-state index in [0.717, 1.165) is 13.0 Å². The van der Waals surface area contributed by atoms with Gasteiger partial charge in [-0.25, -0.2) is 0 Å². The highest BCUT2D eigenvalue weighted by molar-refractivity contribution is 5.65. The molecule has 0 aliphatic rings. The first-order valence-electron chi connectivity index (χ1n) is 4.63. The van der Waals surface area contributed by atoms with Gasteiger partial charge in [-0.1, -0.05) is 20.8 Å². The minimum atomic E-state index is -0.251. The van der Waals surface area contributed by atoms with Crippen LogP contribution >= 0.6 is 0 Å². The summed E-state index contributed by atoms with van der Waals surface area (Å²) >= 11 is 0. The first-order valence-corrected chi connectivity index (χ1v) is 4.63. The van der Waals surface area contributed by atoms with E-state index in [1.807, 2.05) is 0 Å². The van der Waals surface area contributed by atoms with Crippen LogP contribution in [0, 0.1) is 5.41 Å². The van der Waals surface area contributed by atoms with Crippen LogP contribution in [-0.2, 0) is 14.3 Å². The zero-order chi connectivity index (χ0) is 10.3. The van der Waals surface area contributed by atoms with Crippen molar-refractivity contribution in [2.75, 3.05) is 19.8 Å². The second-order valence-corrected chi connectivity index (χ2v) is 4.26. The second-order valence-electron chi connectivity index (χ2n) is 4.26. The summed E-state index contributed by atoms with van der Waals surface area (Å²) < 4.78 is 9.99. The molecule has 0 rings (SSSR count). The van der Waals surface area contributed by atoms with Crippen LogP contribution < -0.4 is 0 Å². The van der Waals surface area contributed by atoms with Gasteiger partial charge in [-0.3, -0.25) is 4.79 Å². The lowest BCUT2D eigenvalue weighted by molar-refractivity contribution is -0.142. The minimum Gasteiger partial charge on any atom is -0.463 e. The molecule has 0 fully saturated rings. The Kier molecular flexibility index (Phi) is 5.71. The molecule has 0 bridgehead atoms. The number of esters is 1. The quantitative estimate of drug-likeness (QED) is 0.489. The summed E-state index contributed by atoms with van der Waals surface area (Å²) in [5, 5.41) is 0. The predicted molar refractivity (Wildman–Crippen MR) is 51.5 cm³/mol. The number of hydrogen-bond acceptors (Lipinski definition) is 3. The average Bonchev–Trinajstić information content (AvgIpc) is 1.93. The first-order chi connectivity index (χ1) is 5.92. The number of rotatable bonds is 5. The zero-order valence-corrected chi connectivity index (χ0v) is 9.05. The summed E-state index contributed by atoms with van der Waals surface area (Å²) in [7, 11) is 0. The Hall–Kier alpha value is -0.570. The zero-order valence-electron chi connectivity index (χ0n) is 9.05. The minimum absolute atomic E-state index is 0.251. The van der Waals surface area contributed by atoms with Crippen LogP contribution in [0.1, 0.15) is 34.1 Å². The molecule has 0 heterocycles. The van der Waals surface area contributed by atoms with Crippen molar-refractivity contribution in [3.05, 3.63) is 0 Å². The van der Waals surface area contributed by atoms with Crippen molar-refractivity contribution in [3.8, 4) is 0 Å². The normalized spacial score (nSPS) is 11.4. The summed E-state index contributed by atoms with van der Waals surface area (Å²) in [6.07, 6.45) is 1.02. The van der Waals surface area contributed by atoms with Crippen molar-refractivity contribution in [2.24, 2.45) is 5.41 Å². The Morgan fingerprint density at radius 1 is 1.15 bits per heavy atom. The molecule has 0 spiro atoms. The molecule has 0 radical (unpaired) electrons. The highest BCUT2D eigenvalue weighted by atomic mass is 16.6. The van der Waals surface area contributed by atoms with Crippen molar-refractivity contribution in [2.45, 2.75) is 34.1 Å². The van der Waals surface area contributed by atoms with E-state index >= 15 is 0 Å². The number of carbonyl (C=O) groups is 1. The summed E-state index contributed by atoms with van der Waals surface area (Å²) in [6, 6.07) is 0. The van der Waals surface area contributed by atoms with Gasteiger partial charge < -0.3 is 9.47 Å². The third-order valence-corrected chi connectivity index (χ3v) is 1.53. The molecule has 0 saturated carbocycles. The van der Waals surface area contributed by atoms with Crippen LogP contribution in [0.4, 0.5) is 0 Å². The molecule has 3 heteroatoms. The molecule has 0 saturated heterocycles. The van der Waals surface area contributed by atoms with E-state index in [1.165, 1.54) is 6.92 Å². The Bertz CT molecular complexity index is 147. The lowest BCUT2D eigenvalue weighted by Gasteiger charge is -2.17. The molecule has 78 valence electrons. The highest BCUT2D eigenvalue weighted by Gasteiger charge is 2.08. The molecule has 13 heavy (non-hydrogen) atoms. The van der Waals surface area contributed by atoms with Crippen molar-refractivity contribution >= 4 is 5.97 Å². The Labute approximate surface area is 80.4 Å². The van der Waals surface area contributed by atoms with Gasteiger partial charge in [0.15, 0.2) is 0 Å². The third kappa shape index (κ3) is 11.4. The van der Waals surface area contributed by atoms with Gasteiger partial charge in [0.25, 0.3) is 0 Å². The Balaban J connectivity index is 3.13. The van der Waals surface area contributed by atoms with Crippen LogP contribution in [0.15, 0.2) is 0 Å². The van der Waals surface area contributed by atoms with Crippen molar-refractivity contribution in [1.82, 2.24) is 0 Å². The van der Waals surface area contributed by atoms with E-state index in [4.69, 9.17) is 9.47 Å². The number of ether oxygens (including phenoxy) is 2. The van der Waals surface area contributed by atoms with E-state index in [2.05, 4.69) is 20.8 Å². The van der Waals surface area contributed by atoms with Gasteiger partial charge in [-0.15, -0.1) is 0 Å². The molecule has 3 nitrogen and oxygen atoms in total. The molecule has 0 N–H and O–H groups in total. The van der Waals surface area contributed by atoms with E-state index in [9.17, 15) is 4.79 Å². The fourth-order valence-electron chi connectivity index (χ4n) is 0.725. The summed E-state index contributed by atoms with van der Waals surface area (Å²) in [4.78, 5) is 10.4. The Morgan fingerprint density at radius 3 is 2.23 bits per heavy atom. The first kappa shape index (κ1) is 12.4. The molecule has 0 amide bonds. The molecule has 0 aliphatic carbocycles. The van der Waals surface area contributed by atoms with Gasteiger partial charge in [-0.2, -0.15) is 0 Å². The van der Waals surface area contributed by atoms with Gasteiger partial charge in [0, 0.05) is 13.5 Å². The summed E-state index contributed by atoms with van der Waals surface area (Å²) in [5.41, 5.74) is 0.307. The average molecular weight is 188 g/mol.